The number of aromatic nitrogens is 3. The van der Waals surface area contributed by atoms with E-state index in [1.807, 2.05) is 19.9 Å². The monoisotopic (exact) mass is 162 g/mol. The summed E-state index contributed by atoms with van der Waals surface area (Å²) < 4.78 is 0. The highest BCUT2D eigenvalue weighted by Gasteiger charge is 2.02. The van der Waals surface area contributed by atoms with Gasteiger partial charge in [0.1, 0.15) is 5.82 Å². The Hall–Kier alpha value is -1.58. The van der Waals surface area contributed by atoms with Crippen molar-refractivity contribution in [2.75, 3.05) is 5.73 Å². The Kier molecular flexibility index (Phi) is 1.30. The summed E-state index contributed by atoms with van der Waals surface area (Å²) >= 11 is 0. The number of hydrogen-bond acceptors (Lipinski definition) is 3. The molecule has 2 heterocycles. The van der Waals surface area contributed by atoms with Crippen molar-refractivity contribution >= 4 is 16.9 Å². The summed E-state index contributed by atoms with van der Waals surface area (Å²) in [5.74, 6) is 0.863. The molecule has 0 bridgehead atoms. The highest BCUT2D eigenvalue weighted by Crippen LogP contribution is 2.15. The Balaban J connectivity index is 2.83. The second-order valence-electron chi connectivity index (χ2n) is 2.86. The summed E-state index contributed by atoms with van der Waals surface area (Å²) in [6, 6.07) is 1.86. The highest BCUT2D eigenvalue weighted by atomic mass is 15.0. The number of rotatable bonds is 0. The van der Waals surface area contributed by atoms with Crippen LogP contribution in [-0.2, 0) is 0 Å². The lowest BCUT2D eigenvalue weighted by Crippen LogP contribution is -1.92. The topological polar surface area (TPSA) is 67.6 Å². The molecule has 0 aliphatic carbocycles. The number of fused-ring (bicyclic) bond motifs is 1. The van der Waals surface area contributed by atoms with Gasteiger partial charge < -0.3 is 10.7 Å². The van der Waals surface area contributed by atoms with Crippen LogP contribution in [0.5, 0.6) is 0 Å². The molecule has 0 fully saturated rings. The first-order valence-electron chi connectivity index (χ1n) is 3.76. The van der Waals surface area contributed by atoms with Gasteiger partial charge >= 0.3 is 0 Å². The van der Waals surface area contributed by atoms with Gasteiger partial charge in [-0.05, 0) is 19.9 Å². The molecule has 0 atom stereocenters. The van der Waals surface area contributed by atoms with Crippen LogP contribution in [0, 0.1) is 13.8 Å². The number of nitrogens with two attached hydrogens (primary N) is 1. The molecule has 0 aromatic carbocycles. The average Bonchev–Trinajstić information content (AvgIpc) is 2.30. The quantitative estimate of drug-likeness (QED) is 0.610. The summed E-state index contributed by atoms with van der Waals surface area (Å²) in [7, 11) is 0. The fourth-order valence-electron chi connectivity index (χ4n) is 1.17. The van der Waals surface area contributed by atoms with Crippen molar-refractivity contribution < 1.29 is 0 Å². The van der Waals surface area contributed by atoms with E-state index in [4.69, 9.17) is 5.73 Å². The molecule has 4 nitrogen and oxygen atoms in total. The van der Waals surface area contributed by atoms with Gasteiger partial charge in [0.2, 0.25) is 0 Å². The van der Waals surface area contributed by atoms with Crippen molar-refractivity contribution in [2.24, 2.45) is 0 Å². The summed E-state index contributed by atoms with van der Waals surface area (Å²) in [5.41, 5.74) is 8.85. The molecule has 0 aliphatic heterocycles. The second kappa shape index (κ2) is 2.20. The van der Waals surface area contributed by atoms with Crippen molar-refractivity contribution in [3.8, 4) is 0 Å². The van der Waals surface area contributed by atoms with Gasteiger partial charge in [0.15, 0.2) is 5.65 Å². The number of H-pyrrole nitrogens is 1. The van der Waals surface area contributed by atoms with Gasteiger partial charge in [-0.2, -0.15) is 0 Å². The van der Waals surface area contributed by atoms with E-state index in [0.29, 0.717) is 5.69 Å². The minimum Gasteiger partial charge on any atom is -0.397 e. The van der Waals surface area contributed by atoms with Crippen LogP contribution in [0.1, 0.15) is 11.5 Å². The van der Waals surface area contributed by atoms with Crippen LogP contribution in [0.3, 0.4) is 0 Å². The lowest BCUT2D eigenvalue weighted by Gasteiger charge is -1.96. The summed E-state index contributed by atoms with van der Waals surface area (Å²) in [4.78, 5) is 11.5. The van der Waals surface area contributed by atoms with Gasteiger partial charge in [0.05, 0.1) is 16.9 Å². The van der Waals surface area contributed by atoms with Gasteiger partial charge in [0.25, 0.3) is 0 Å². The van der Waals surface area contributed by atoms with Crippen LogP contribution in [0.15, 0.2) is 6.07 Å². The van der Waals surface area contributed by atoms with Gasteiger partial charge in [-0.1, -0.05) is 0 Å². The molecule has 2 rings (SSSR count). The molecule has 0 amide bonds. The second-order valence-corrected chi connectivity index (χ2v) is 2.86. The molecule has 0 spiro atoms. The lowest BCUT2D eigenvalue weighted by atomic mass is 10.3. The summed E-state index contributed by atoms with van der Waals surface area (Å²) in [6.45, 7) is 3.77. The normalized spacial score (nSPS) is 10.8. The van der Waals surface area contributed by atoms with Gasteiger partial charge in [-0.15, -0.1) is 0 Å². The molecule has 2 aromatic rings. The van der Waals surface area contributed by atoms with Crippen LogP contribution in [0.25, 0.3) is 11.2 Å². The zero-order chi connectivity index (χ0) is 8.72. The molecular weight excluding hydrogens is 152 g/mol. The third-order valence-corrected chi connectivity index (χ3v) is 1.82. The van der Waals surface area contributed by atoms with Crippen LogP contribution in [0.2, 0.25) is 0 Å². The first kappa shape index (κ1) is 7.09. The first-order chi connectivity index (χ1) is 5.66. The number of nitrogens with one attached hydrogen (secondary N) is 1. The van der Waals surface area contributed by atoms with E-state index >= 15 is 0 Å². The van der Waals surface area contributed by atoms with Crippen molar-refractivity contribution in [2.45, 2.75) is 13.8 Å². The molecule has 4 heteroatoms. The van der Waals surface area contributed by atoms with Gasteiger partial charge in [0, 0.05) is 0 Å². The third-order valence-electron chi connectivity index (χ3n) is 1.82. The van der Waals surface area contributed by atoms with Crippen molar-refractivity contribution in [3.63, 3.8) is 0 Å². The summed E-state index contributed by atoms with van der Waals surface area (Å²) in [5, 5.41) is 0. The maximum Gasteiger partial charge on any atom is 0.178 e. The molecule has 12 heavy (non-hydrogen) atoms. The molecule has 0 saturated carbocycles. The van der Waals surface area contributed by atoms with Gasteiger partial charge in [-0.3, -0.25) is 0 Å². The predicted molar refractivity (Wildman–Crippen MR) is 47.8 cm³/mol. The zero-order valence-electron chi connectivity index (χ0n) is 7.05. The molecule has 2 aromatic heterocycles. The molecule has 62 valence electrons. The molecule has 0 radical (unpaired) electrons. The number of hydrogen-bond donors (Lipinski definition) is 2. The Morgan fingerprint density at radius 3 is 2.83 bits per heavy atom. The maximum atomic E-state index is 5.68. The lowest BCUT2D eigenvalue weighted by molar-refractivity contribution is 1.15. The van der Waals surface area contributed by atoms with E-state index in [1.54, 1.807) is 0 Å². The van der Waals surface area contributed by atoms with Crippen LogP contribution < -0.4 is 5.73 Å². The van der Waals surface area contributed by atoms with Crippen molar-refractivity contribution in [3.05, 3.63) is 17.6 Å². The van der Waals surface area contributed by atoms with E-state index < -0.39 is 0 Å². The van der Waals surface area contributed by atoms with Crippen molar-refractivity contribution in [1.82, 2.24) is 15.0 Å². The Morgan fingerprint density at radius 1 is 1.33 bits per heavy atom. The first-order valence-corrected chi connectivity index (χ1v) is 3.76. The number of aromatic amines is 1. The maximum absolute atomic E-state index is 5.68. The largest absolute Gasteiger partial charge is 0.397 e. The van der Waals surface area contributed by atoms with Crippen LogP contribution >= 0.6 is 0 Å². The minimum absolute atomic E-state index is 0.700. The Labute approximate surface area is 69.8 Å². The van der Waals surface area contributed by atoms with E-state index in [9.17, 15) is 0 Å². The van der Waals surface area contributed by atoms with E-state index in [0.717, 1.165) is 22.7 Å². The number of imidazole rings is 1. The molecule has 0 aliphatic rings. The van der Waals surface area contributed by atoms with Crippen LogP contribution in [-0.4, -0.2) is 15.0 Å². The number of pyridine rings is 1. The predicted octanol–water partition coefficient (Wildman–Crippen LogP) is 1.16. The van der Waals surface area contributed by atoms with Crippen molar-refractivity contribution in [1.29, 1.82) is 0 Å². The summed E-state index contributed by atoms with van der Waals surface area (Å²) in [6.07, 6.45) is 0. The SMILES string of the molecule is Cc1nc2nc(C)c(N)cc2[nH]1. The highest BCUT2D eigenvalue weighted by molar-refractivity contribution is 5.75. The number of aryl methyl sites for hydroxylation is 2. The standard InChI is InChI=1S/C8H10N4/c1-4-6(9)3-7-8(10-4)12-5(2)11-7/h3H,9H2,1-2H3,(H,10,11,12). The van der Waals surface area contributed by atoms with Gasteiger partial charge in [-0.25, -0.2) is 9.97 Å². The molecule has 0 unspecified atom stereocenters. The zero-order valence-corrected chi connectivity index (χ0v) is 7.05. The smallest absolute Gasteiger partial charge is 0.178 e. The minimum atomic E-state index is 0.700. The van der Waals surface area contributed by atoms with E-state index in [-0.39, 0.29) is 0 Å². The number of anilines is 1. The molecular formula is C8H10N4. The molecule has 3 N–H and O–H groups in total. The van der Waals surface area contributed by atoms with Crippen LogP contribution in [0.4, 0.5) is 5.69 Å². The average molecular weight is 162 g/mol. The van der Waals surface area contributed by atoms with E-state index in [2.05, 4.69) is 15.0 Å². The number of nitrogen functional groups attached to an aromatic ring is 1. The number of nitrogens with zero attached hydrogens (tertiary/aromatic N) is 2. The molecule has 0 saturated heterocycles. The van der Waals surface area contributed by atoms with E-state index in [1.165, 1.54) is 0 Å². The Morgan fingerprint density at radius 2 is 2.08 bits per heavy atom. The fourth-order valence-corrected chi connectivity index (χ4v) is 1.17. The Bertz CT molecular complexity index is 391. The fraction of sp³-hybridized carbons (Fsp3) is 0.250. The third kappa shape index (κ3) is 0.922.